The number of benzene rings is 2. The van der Waals surface area contributed by atoms with Crippen molar-refractivity contribution in [2.75, 3.05) is 30.3 Å². The lowest BCUT2D eigenvalue weighted by Gasteiger charge is -2.29. The van der Waals surface area contributed by atoms with E-state index in [2.05, 4.69) is 5.32 Å². The highest BCUT2D eigenvalue weighted by atomic mass is 32.2. The molecule has 8 nitrogen and oxygen atoms in total. The molecular formula is C27H38FN3O5S. The molecule has 2 rings (SSSR count). The van der Waals surface area contributed by atoms with Crippen LogP contribution in [0, 0.1) is 5.82 Å². The fraction of sp³-hybridized carbons (Fsp3) is 0.481. The van der Waals surface area contributed by atoms with Crippen LogP contribution < -0.4 is 14.4 Å². The largest absolute Gasteiger partial charge is 0.492 e. The van der Waals surface area contributed by atoms with Crippen molar-refractivity contribution < 1.29 is 27.1 Å². The number of nitrogens with one attached hydrogen (secondary N) is 1. The van der Waals surface area contributed by atoms with E-state index >= 15 is 0 Å². The summed E-state index contributed by atoms with van der Waals surface area (Å²) in [6.45, 7) is 6.58. The average Bonchev–Trinajstić information content (AvgIpc) is 2.86. The van der Waals surface area contributed by atoms with Crippen LogP contribution in [-0.4, -0.2) is 57.1 Å². The number of hydrogen-bond donors (Lipinski definition) is 1. The lowest BCUT2D eigenvalue weighted by atomic mass is 10.1. The molecule has 0 saturated heterocycles. The van der Waals surface area contributed by atoms with Crippen LogP contribution in [0.1, 0.15) is 52.0 Å². The number of ether oxygens (including phenoxy) is 1. The Morgan fingerprint density at radius 3 is 2.35 bits per heavy atom. The Labute approximate surface area is 219 Å². The molecule has 0 aliphatic rings. The van der Waals surface area contributed by atoms with Gasteiger partial charge in [0.25, 0.3) is 0 Å². The Hall–Kier alpha value is -3.14. The van der Waals surface area contributed by atoms with Crippen LogP contribution in [-0.2, 0) is 26.2 Å². The summed E-state index contributed by atoms with van der Waals surface area (Å²) in [5.41, 5.74) is 1.09. The number of halogens is 1. The normalized spacial score (nSPS) is 12.0. The van der Waals surface area contributed by atoms with Crippen molar-refractivity contribution in [2.45, 2.75) is 59.0 Å². The molecule has 2 aromatic rings. The number of hydrogen-bond acceptors (Lipinski definition) is 5. The summed E-state index contributed by atoms with van der Waals surface area (Å²) in [7, 11) is -3.64. The second kappa shape index (κ2) is 14.6. The number of rotatable bonds is 15. The van der Waals surface area contributed by atoms with Gasteiger partial charge in [-0.05, 0) is 56.5 Å². The number of para-hydroxylation sites is 2. The standard InChI is InChI=1S/C27H38FN3O5S/c1-5-7-18-29-27(33)21(3)30(20-22-14-16-23(28)17-15-22)26(32)13-10-19-31(37(4,34)35)24-11-8-9-12-25(24)36-6-2/h8-9,11-12,14-17,21H,5-7,10,13,18-20H2,1-4H3,(H,29,33)/t21-/m1/s1. The molecule has 0 heterocycles. The first-order chi connectivity index (χ1) is 17.6. The number of carbonyl (C=O) groups is 2. The number of amides is 2. The highest BCUT2D eigenvalue weighted by Gasteiger charge is 2.27. The number of unbranched alkanes of at least 4 members (excludes halogenated alkanes) is 1. The van der Waals surface area contributed by atoms with Crippen LogP contribution in [0.4, 0.5) is 10.1 Å². The molecular weight excluding hydrogens is 497 g/mol. The van der Waals surface area contributed by atoms with Gasteiger partial charge >= 0.3 is 0 Å². The first-order valence-corrected chi connectivity index (χ1v) is 14.4. The molecule has 1 atom stereocenters. The molecule has 0 bridgehead atoms. The van der Waals surface area contributed by atoms with E-state index in [0.717, 1.165) is 19.1 Å². The van der Waals surface area contributed by atoms with Gasteiger partial charge in [-0.15, -0.1) is 0 Å². The number of carbonyl (C=O) groups excluding carboxylic acids is 2. The predicted octanol–water partition coefficient (Wildman–Crippen LogP) is 4.10. The highest BCUT2D eigenvalue weighted by Crippen LogP contribution is 2.30. The first kappa shape index (κ1) is 30.1. The number of sulfonamides is 1. The average molecular weight is 536 g/mol. The van der Waals surface area contributed by atoms with Crippen LogP contribution in [0.5, 0.6) is 5.75 Å². The van der Waals surface area contributed by atoms with Crippen LogP contribution in [0.2, 0.25) is 0 Å². The quantitative estimate of drug-likeness (QED) is 0.347. The molecule has 0 spiro atoms. The van der Waals surface area contributed by atoms with Gasteiger partial charge < -0.3 is 15.0 Å². The number of anilines is 1. The molecule has 204 valence electrons. The topological polar surface area (TPSA) is 96.0 Å². The Morgan fingerprint density at radius 1 is 1.05 bits per heavy atom. The van der Waals surface area contributed by atoms with Crippen LogP contribution >= 0.6 is 0 Å². The summed E-state index contributed by atoms with van der Waals surface area (Å²) < 4.78 is 45.4. The van der Waals surface area contributed by atoms with E-state index < -0.39 is 16.1 Å². The molecule has 0 aromatic heterocycles. The van der Waals surface area contributed by atoms with Crippen molar-refractivity contribution in [3.63, 3.8) is 0 Å². The smallest absolute Gasteiger partial charge is 0.242 e. The Kier molecular flexibility index (Phi) is 11.8. The second-order valence-corrected chi connectivity index (χ2v) is 10.7. The van der Waals surface area contributed by atoms with Gasteiger partial charge in [0.05, 0.1) is 18.6 Å². The molecule has 1 N–H and O–H groups in total. The maximum Gasteiger partial charge on any atom is 0.242 e. The molecule has 0 fully saturated rings. The molecule has 2 aromatic carbocycles. The van der Waals surface area contributed by atoms with Crippen LogP contribution in [0.3, 0.4) is 0 Å². The predicted molar refractivity (Wildman–Crippen MR) is 143 cm³/mol. The molecule has 0 aliphatic carbocycles. The van der Waals surface area contributed by atoms with E-state index in [9.17, 15) is 22.4 Å². The third-order valence-corrected chi connectivity index (χ3v) is 7.03. The first-order valence-electron chi connectivity index (χ1n) is 12.6. The molecule has 0 saturated carbocycles. The second-order valence-electron chi connectivity index (χ2n) is 8.81. The van der Waals surface area contributed by atoms with E-state index in [0.29, 0.717) is 30.2 Å². The molecule has 2 amide bonds. The van der Waals surface area contributed by atoms with Gasteiger partial charge in [0.1, 0.15) is 17.6 Å². The van der Waals surface area contributed by atoms with Crippen LogP contribution in [0.15, 0.2) is 48.5 Å². The molecule has 37 heavy (non-hydrogen) atoms. The third-order valence-electron chi connectivity index (χ3n) is 5.85. The molecule has 0 radical (unpaired) electrons. The monoisotopic (exact) mass is 535 g/mol. The van der Waals surface area contributed by atoms with E-state index in [4.69, 9.17) is 4.74 Å². The summed E-state index contributed by atoms with van der Waals surface area (Å²) in [6, 6.07) is 11.9. The van der Waals surface area contributed by atoms with Gasteiger partial charge in [-0.1, -0.05) is 37.6 Å². The molecule has 0 aliphatic heterocycles. The summed E-state index contributed by atoms with van der Waals surface area (Å²) in [5, 5.41) is 2.85. The van der Waals surface area contributed by atoms with Crippen molar-refractivity contribution >= 4 is 27.5 Å². The lowest BCUT2D eigenvalue weighted by molar-refractivity contribution is -0.140. The van der Waals surface area contributed by atoms with E-state index in [1.807, 2.05) is 13.8 Å². The van der Waals surface area contributed by atoms with E-state index in [1.165, 1.54) is 21.3 Å². The van der Waals surface area contributed by atoms with E-state index in [-0.39, 0.29) is 43.6 Å². The summed E-state index contributed by atoms with van der Waals surface area (Å²) in [5.74, 6) is -0.515. The van der Waals surface area contributed by atoms with Gasteiger partial charge in [-0.2, -0.15) is 0 Å². The highest BCUT2D eigenvalue weighted by molar-refractivity contribution is 7.92. The van der Waals surface area contributed by atoms with Crippen molar-refractivity contribution in [3.8, 4) is 5.75 Å². The van der Waals surface area contributed by atoms with Gasteiger partial charge in [0, 0.05) is 26.1 Å². The van der Waals surface area contributed by atoms with E-state index in [1.54, 1.807) is 43.3 Å². The van der Waals surface area contributed by atoms with Gasteiger partial charge in [0.2, 0.25) is 21.8 Å². The Balaban J connectivity index is 2.17. The minimum atomic E-state index is -3.64. The zero-order chi connectivity index (χ0) is 27.4. The summed E-state index contributed by atoms with van der Waals surface area (Å²) >= 11 is 0. The van der Waals surface area contributed by atoms with Crippen molar-refractivity contribution in [1.29, 1.82) is 0 Å². The fourth-order valence-electron chi connectivity index (χ4n) is 3.83. The van der Waals surface area contributed by atoms with Crippen molar-refractivity contribution in [2.24, 2.45) is 0 Å². The maximum absolute atomic E-state index is 13.4. The zero-order valence-electron chi connectivity index (χ0n) is 22.1. The maximum atomic E-state index is 13.4. The number of nitrogens with zero attached hydrogens (tertiary/aromatic N) is 2. The van der Waals surface area contributed by atoms with Crippen LogP contribution in [0.25, 0.3) is 0 Å². The SMILES string of the molecule is CCCCNC(=O)[C@@H](C)N(Cc1ccc(F)cc1)C(=O)CCCN(c1ccccc1OCC)S(C)(=O)=O. The van der Waals surface area contributed by atoms with Gasteiger partial charge in [-0.25, -0.2) is 12.8 Å². The Bertz CT molecular complexity index is 1130. The van der Waals surface area contributed by atoms with Crippen molar-refractivity contribution in [1.82, 2.24) is 10.2 Å². The van der Waals surface area contributed by atoms with Crippen molar-refractivity contribution in [3.05, 3.63) is 59.9 Å². The third kappa shape index (κ3) is 9.35. The summed E-state index contributed by atoms with van der Waals surface area (Å²) in [6.07, 6.45) is 3.12. The minimum absolute atomic E-state index is 0.0244. The molecule has 10 heteroatoms. The van der Waals surface area contributed by atoms with Gasteiger partial charge in [-0.3, -0.25) is 13.9 Å². The fourth-order valence-corrected chi connectivity index (χ4v) is 4.80. The minimum Gasteiger partial charge on any atom is -0.492 e. The summed E-state index contributed by atoms with van der Waals surface area (Å²) in [4.78, 5) is 27.5. The molecule has 0 unspecified atom stereocenters. The Morgan fingerprint density at radius 2 is 1.73 bits per heavy atom. The lowest BCUT2D eigenvalue weighted by Crippen LogP contribution is -2.48. The zero-order valence-corrected chi connectivity index (χ0v) is 22.9. The van der Waals surface area contributed by atoms with Gasteiger partial charge in [0.15, 0.2) is 0 Å².